The third kappa shape index (κ3) is 3.32. The maximum absolute atomic E-state index is 11.6. The molecule has 1 aromatic rings. The summed E-state index contributed by atoms with van der Waals surface area (Å²) in [6.07, 6.45) is 0. The smallest absolute Gasteiger partial charge is 0.253 e. The quantitative estimate of drug-likeness (QED) is 0.869. The molecule has 0 radical (unpaired) electrons. The first-order chi connectivity index (χ1) is 7.02. The SMILES string of the molecule is CC(NC(=O)c1ccccc1Br)C(=O)Cl. The first kappa shape index (κ1) is 12.2. The minimum absolute atomic E-state index is 0.330. The molecule has 15 heavy (non-hydrogen) atoms. The monoisotopic (exact) mass is 289 g/mol. The lowest BCUT2D eigenvalue weighted by Gasteiger charge is -2.10. The normalized spacial score (nSPS) is 11.9. The number of nitrogens with one attached hydrogen (secondary N) is 1. The zero-order chi connectivity index (χ0) is 11.4. The van der Waals surface area contributed by atoms with Crippen LogP contribution < -0.4 is 5.32 Å². The van der Waals surface area contributed by atoms with Crippen molar-refractivity contribution in [2.24, 2.45) is 0 Å². The van der Waals surface area contributed by atoms with Gasteiger partial charge in [-0.25, -0.2) is 0 Å². The fourth-order valence-corrected chi connectivity index (χ4v) is 1.50. The van der Waals surface area contributed by atoms with Gasteiger partial charge in [-0.3, -0.25) is 9.59 Å². The summed E-state index contributed by atoms with van der Waals surface area (Å²) in [5.74, 6) is -0.330. The third-order valence-electron chi connectivity index (χ3n) is 1.81. The third-order valence-corrected chi connectivity index (χ3v) is 2.83. The molecule has 0 aliphatic heterocycles. The summed E-state index contributed by atoms with van der Waals surface area (Å²) in [7, 11) is 0. The maximum Gasteiger partial charge on any atom is 0.253 e. The Bertz CT molecular complexity index is 395. The van der Waals surface area contributed by atoms with Crippen molar-refractivity contribution in [3.8, 4) is 0 Å². The van der Waals surface area contributed by atoms with Crippen molar-refractivity contribution < 1.29 is 9.59 Å². The van der Waals surface area contributed by atoms with E-state index in [0.717, 1.165) is 0 Å². The molecule has 1 unspecified atom stereocenters. The first-order valence-electron chi connectivity index (χ1n) is 4.27. The summed E-state index contributed by atoms with van der Waals surface area (Å²) >= 11 is 8.48. The minimum atomic E-state index is -0.689. The second-order valence-electron chi connectivity index (χ2n) is 2.98. The van der Waals surface area contributed by atoms with E-state index in [1.54, 1.807) is 24.3 Å². The van der Waals surface area contributed by atoms with Crippen LogP contribution in [0.3, 0.4) is 0 Å². The number of benzene rings is 1. The molecule has 0 bridgehead atoms. The predicted octanol–water partition coefficient (Wildman–Crippen LogP) is 2.33. The largest absolute Gasteiger partial charge is 0.341 e. The summed E-state index contributed by atoms with van der Waals surface area (Å²) < 4.78 is 0.678. The Morgan fingerprint density at radius 3 is 2.53 bits per heavy atom. The second-order valence-corrected chi connectivity index (χ2v) is 4.21. The van der Waals surface area contributed by atoms with Crippen LogP contribution in [-0.4, -0.2) is 17.2 Å². The lowest BCUT2D eigenvalue weighted by molar-refractivity contribution is -0.113. The van der Waals surface area contributed by atoms with Crippen LogP contribution in [0.15, 0.2) is 28.7 Å². The molecule has 80 valence electrons. The summed E-state index contributed by atoms with van der Waals surface area (Å²) in [5, 5.41) is 1.90. The predicted molar refractivity (Wildman–Crippen MR) is 61.9 cm³/mol. The van der Waals surface area contributed by atoms with Gasteiger partial charge in [-0.15, -0.1) is 0 Å². The fraction of sp³-hybridized carbons (Fsp3) is 0.200. The van der Waals surface area contributed by atoms with Crippen molar-refractivity contribution >= 4 is 38.7 Å². The molecular formula is C10H9BrClNO2. The fourth-order valence-electron chi connectivity index (χ4n) is 0.976. The van der Waals surface area contributed by atoms with Crippen LogP contribution >= 0.6 is 27.5 Å². The van der Waals surface area contributed by atoms with E-state index in [-0.39, 0.29) is 5.91 Å². The van der Waals surface area contributed by atoms with Crippen LogP contribution in [0, 0.1) is 0 Å². The van der Waals surface area contributed by atoms with Crippen molar-refractivity contribution in [2.75, 3.05) is 0 Å². The number of amides is 1. The van der Waals surface area contributed by atoms with Gasteiger partial charge in [0.25, 0.3) is 5.91 Å². The Morgan fingerprint density at radius 2 is 2.00 bits per heavy atom. The van der Waals surface area contributed by atoms with Gasteiger partial charge in [-0.05, 0) is 46.6 Å². The van der Waals surface area contributed by atoms with Gasteiger partial charge in [0.2, 0.25) is 5.24 Å². The van der Waals surface area contributed by atoms with Crippen LogP contribution in [-0.2, 0) is 4.79 Å². The van der Waals surface area contributed by atoms with E-state index in [1.165, 1.54) is 6.92 Å². The molecule has 1 amide bonds. The van der Waals surface area contributed by atoms with Crippen LogP contribution in [0.25, 0.3) is 0 Å². The highest BCUT2D eigenvalue weighted by atomic mass is 79.9. The summed E-state index contributed by atoms with van der Waals surface area (Å²) in [6, 6.07) is 6.27. The Kier molecular flexibility index (Phi) is 4.29. The van der Waals surface area contributed by atoms with Crippen LogP contribution in [0.1, 0.15) is 17.3 Å². The Labute approximate surface area is 101 Å². The molecule has 0 fully saturated rings. The second kappa shape index (κ2) is 5.28. The van der Waals surface area contributed by atoms with Crippen LogP contribution in [0.2, 0.25) is 0 Å². The van der Waals surface area contributed by atoms with Gasteiger partial charge in [-0.1, -0.05) is 12.1 Å². The van der Waals surface area contributed by atoms with Crippen LogP contribution in [0.5, 0.6) is 0 Å². The highest BCUT2D eigenvalue weighted by Crippen LogP contribution is 2.15. The molecule has 3 nitrogen and oxygen atoms in total. The van der Waals surface area contributed by atoms with Crippen molar-refractivity contribution in [3.05, 3.63) is 34.3 Å². The van der Waals surface area contributed by atoms with E-state index in [4.69, 9.17) is 11.6 Å². The molecule has 1 atom stereocenters. The van der Waals surface area contributed by atoms with Gasteiger partial charge in [-0.2, -0.15) is 0 Å². The standard InChI is InChI=1S/C10H9BrClNO2/c1-6(9(12)14)13-10(15)7-4-2-3-5-8(7)11/h2-6H,1H3,(H,13,15). The van der Waals surface area contributed by atoms with E-state index in [0.29, 0.717) is 10.0 Å². The lowest BCUT2D eigenvalue weighted by Crippen LogP contribution is -2.36. The molecule has 1 aromatic carbocycles. The Balaban J connectivity index is 2.78. The summed E-state index contributed by atoms with van der Waals surface area (Å²) in [5.41, 5.74) is 0.474. The van der Waals surface area contributed by atoms with Gasteiger partial charge < -0.3 is 5.32 Å². The molecular weight excluding hydrogens is 281 g/mol. The van der Waals surface area contributed by atoms with E-state index < -0.39 is 11.3 Å². The van der Waals surface area contributed by atoms with Gasteiger partial charge in [0.1, 0.15) is 6.04 Å². The number of carbonyl (C=O) groups is 2. The first-order valence-corrected chi connectivity index (χ1v) is 5.44. The molecule has 0 spiro atoms. The summed E-state index contributed by atoms with van der Waals surface area (Å²) in [6.45, 7) is 1.53. The van der Waals surface area contributed by atoms with Gasteiger partial charge in [0.05, 0.1) is 5.56 Å². The molecule has 0 saturated heterocycles. The molecule has 0 aromatic heterocycles. The van der Waals surface area contributed by atoms with Crippen molar-refractivity contribution in [1.82, 2.24) is 5.32 Å². The van der Waals surface area contributed by atoms with E-state index in [1.807, 2.05) is 0 Å². The number of halogens is 2. The van der Waals surface area contributed by atoms with Crippen LogP contribution in [0.4, 0.5) is 0 Å². The maximum atomic E-state index is 11.6. The van der Waals surface area contributed by atoms with Gasteiger partial charge >= 0.3 is 0 Å². The molecule has 1 rings (SSSR count). The van der Waals surface area contributed by atoms with Gasteiger partial charge in [0, 0.05) is 4.47 Å². The van der Waals surface area contributed by atoms with Crippen molar-refractivity contribution in [1.29, 1.82) is 0 Å². The molecule has 1 N–H and O–H groups in total. The zero-order valence-electron chi connectivity index (χ0n) is 7.96. The number of hydrogen-bond acceptors (Lipinski definition) is 2. The zero-order valence-corrected chi connectivity index (χ0v) is 10.3. The molecule has 0 saturated carbocycles. The van der Waals surface area contributed by atoms with E-state index >= 15 is 0 Å². The minimum Gasteiger partial charge on any atom is -0.341 e. The average molecular weight is 291 g/mol. The van der Waals surface area contributed by atoms with Crippen molar-refractivity contribution in [2.45, 2.75) is 13.0 Å². The highest BCUT2D eigenvalue weighted by molar-refractivity contribution is 9.10. The number of hydrogen-bond donors (Lipinski definition) is 1. The highest BCUT2D eigenvalue weighted by Gasteiger charge is 2.15. The van der Waals surface area contributed by atoms with E-state index in [9.17, 15) is 9.59 Å². The Hall–Kier alpha value is -0.870. The lowest BCUT2D eigenvalue weighted by atomic mass is 10.2. The Morgan fingerprint density at radius 1 is 1.40 bits per heavy atom. The topological polar surface area (TPSA) is 46.2 Å². The van der Waals surface area contributed by atoms with E-state index in [2.05, 4.69) is 21.2 Å². The van der Waals surface area contributed by atoms with Crippen molar-refractivity contribution in [3.63, 3.8) is 0 Å². The molecule has 0 aliphatic carbocycles. The number of carbonyl (C=O) groups excluding carboxylic acids is 2. The summed E-state index contributed by atoms with van der Waals surface area (Å²) in [4.78, 5) is 22.4. The average Bonchev–Trinajstić information content (AvgIpc) is 2.18. The molecule has 0 heterocycles. The number of rotatable bonds is 3. The molecule has 0 aliphatic rings. The molecule has 5 heteroatoms. The van der Waals surface area contributed by atoms with Gasteiger partial charge in [0.15, 0.2) is 0 Å².